The number of hydrogen-bond acceptors (Lipinski definition) is 5. The molecule has 1 heterocycles. The minimum Gasteiger partial charge on any atom is -0.394 e. The van der Waals surface area contributed by atoms with Crippen molar-refractivity contribution in [2.45, 2.75) is 6.04 Å². The third kappa shape index (κ3) is 3.05. The molecule has 6 nitrogen and oxygen atoms in total. The Kier molecular flexibility index (Phi) is 4.04. The lowest BCUT2D eigenvalue weighted by atomic mass is 10.1. The molecule has 19 heavy (non-hydrogen) atoms. The van der Waals surface area contributed by atoms with E-state index in [4.69, 9.17) is 0 Å². The quantitative estimate of drug-likeness (QED) is 0.634. The molecule has 1 aromatic carbocycles. The first-order valence-electron chi connectivity index (χ1n) is 5.74. The zero-order valence-electron chi connectivity index (χ0n) is 10.1. The summed E-state index contributed by atoms with van der Waals surface area (Å²) in [7, 11) is 0. The maximum absolute atomic E-state index is 10.9. The number of aliphatic hydroxyl groups excluding tert-OH is 1. The molecule has 0 saturated heterocycles. The van der Waals surface area contributed by atoms with Crippen molar-refractivity contribution in [1.29, 1.82) is 0 Å². The molecule has 6 heteroatoms. The van der Waals surface area contributed by atoms with Crippen LogP contribution in [0.15, 0.2) is 48.7 Å². The number of nitrogens with zero attached hydrogens (tertiary/aromatic N) is 2. The molecule has 2 aromatic rings. The summed E-state index contributed by atoms with van der Waals surface area (Å²) in [5.41, 5.74) is 1.14. The smallest absolute Gasteiger partial charge is 0.386 e. The Bertz CT molecular complexity index is 560. The van der Waals surface area contributed by atoms with Crippen molar-refractivity contribution in [3.8, 4) is 0 Å². The highest BCUT2D eigenvalue weighted by atomic mass is 16.6. The molecule has 0 bridgehead atoms. The van der Waals surface area contributed by atoms with Gasteiger partial charge in [0.05, 0.1) is 12.6 Å². The number of anilines is 1. The van der Waals surface area contributed by atoms with Gasteiger partial charge in [-0.1, -0.05) is 30.3 Å². The van der Waals surface area contributed by atoms with E-state index >= 15 is 0 Å². The van der Waals surface area contributed by atoms with Crippen LogP contribution in [0.3, 0.4) is 0 Å². The van der Waals surface area contributed by atoms with Crippen LogP contribution in [0.25, 0.3) is 0 Å². The number of nitrogens with one attached hydrogen (secondary N) is 1. The Morgan fingerprint density at radius 3 is 2.63 bits per heavy atom. The van der Waals surface area contributed by atoms with E-state index in [-0.39, 0.29) is 18.1 Å². The van der Waals surface area contributed by atoms with Gasteiger partial charge in [0.2, 0.25) is 0 Å². The van der Waals surface area contributed by atoms with Crippen LogP contribution in [0.5, 0.6) is 0 Å². The second-order valence-electron chi connectivity index (χ2n) is 3.92. The molecule has 98 valence electrons. The average molecular weight is 259 g/mol. The highest BCUT2D eigenvalue weighted by Crippen LogP contribution is 2.25. The van der Waals surface area contributed by atoms with Crippen LogP contribution in [0.1, 0.15) is 11.6 Å². The van der Waals surface area contributed by atoms with Crippen molar-refractivity contribution >= 4 is 11.5 Å². The Balaban J connectivity index is 2.27. The summed E-state index contributed by atoms with van der Waals surface area (Å²) in [4.78, 5) is 14.0. The summed E-state index contributed by atoms with van der Waals surface area (Å²) >= 11 is 0. The van der Waals surface area contributed by atoms with Crippen molar-refractivity contribution in [1.82, 2.24) is 4.98 Å². The fraction of sp³-hybridized carbons (Fsp3) is 0.154. The lowest BCUT2D eigenvalue weighted by Gasteiger charge is -2.17. The summed E-state index contributed by atoms with van der Waals surface area (Å²) in [6.07, 6.45) is 1.36. The Morgan fingerprint density at radius 1 is 1.26 bits per heavy atom. The summed E-state index contributed by atoms with van der Waals surface area (Å²) in [5.74, 6) is -0.253. The predicted octanol–water partition coefficient (Wildman–Crippen LogP) is 2.14. The second-order valence-corrected chi connectivity index (χ2v) is 3.92. The summed E-state index contributed by atoms with van der Waals surface area (Å²) in [5, 5.41) is 23.2. The monoisotopic (exact) mass is 259 g/mol. The van der Waals surface area contributed by atoms with Crippen molar-refractivity contribution < 1.29 is 10.0 Å². The van der Waals surface area contributed by atoms with Gasteiger partial charge in [-0.2, -0.15) is 0 Å². The van der Waals surface area contributed by atoms with Gasteiger partial charge in [-0.05, 0) is 27.6 Å². The normalized spacial score (nSPS) is 11.8. The molecule has 0 amide bonds. The molecule has 2 N–H and O–H groups in total. The fourth-order valence-electron chi connectivity index (χ4n) is 1.76. The second kappa shape index (κ2) is 5.92. The molecule has 1 aromatic heterocycles. The van der Waals surface area contributed by atoms with Crippen LogP contribution < -0.4 is 5.32 Å². The van der Waals surface area contributed by atoms with Gasteiger partial charge in [0, 0.05) is 0 Å². The van der Waals surface area contributed by atoms with Gasteiger partial charge in [-0.25, -0.2) is 0 Å². The number of benzene rings is 1. The molecule has 0 radical (unpaired) electrons. The largest absolute Gasteiger partial charge is 0.394 e. The molecule has 0 aliphatic carbocycles. The first-order valence-corrected chi connectivity index (χ1v) is 5.74. The number of pyridine rings is 1. The van der Waals surface area contributed by atoms with Crippen LogP contribution >= 0.6 is 0 Å². The van der Waals surface area contributed by atoms with Gasteiger partial charge in [-0.15, -0.1) is 0 Å². The summed E-state index contributed by atoms with van der Waals surface area (Å²) in [6, 6.07) is 12.0. The molecule has 0 aliphatic rings. The Morgan fingerprint density at radius 2 is 2.00 bits per heavy atom. The molecule has 0 saturated carbocycles. The molecule has 1 unspecified atom stereocenters. The maximum atomic E-state index is 10.9. The van der Waals surface area contributed by atoms with Crippen LogP contribution in [0.2, 0.25) is 0 Å². The predicted molar refractivity (Wildman–Crippen MR) is 70.8 cm³/mol. The summed E-state index contributed by atoms with van der Waals surface area (Å²) in [6.45, 7) is -0.171. The lowest BCUT2D eigenvalue weighted by molar-refractivity contribution is -0.388. The van der Waals surface area contributed by atoms with E-state index in [9.17, 15) is 15.2 Å². The standard InChI is InChI=1S/C13H13N3O3/c17-9-12(10-5-2-1-3-6-10)15-11-7-4-8-14-13(11)16(18)19/h1-8,12,15,17H,9H2. The van der Waals surface area contributed by atoms with E-state index in [0.29, 0.717) is 0 Å². The fourth-order valence-corrected chi connectivity index (χ4v) is 1.76. The molecule has 0 fully saturated rings. The molecule has 0 aliphatic heterocycles. The SMILES string of the molecule is O=[N+]([O-])c1ncccc1NC(CO)c1ccccc1. The highest BCUT2D eigenvalue weighted by molar-refractivity contribution is 5.57. The number of aliphatic hydroxyl groups is 1. The number of hydrogen-bond donors (Lipinski definition) is 2. The van der Waals surface area contributed by atoms with E-state index in [1.165, 1.54) is 6.20 Å². The van der Waals surface area contributed by atoms with Crippen LogP contribution in [-0.2, 0) is 0 Å². The molecule has 1 atom stereocenters. The van der Waals surface area contributed by atoms with Crippen molar-refractivity contribution in [3.05, 3.63) is 64.3 Å². The molecule has 0 spiro atoms. The third-order valence-corrected chi connectivity index (χ3v) is 2.67. The number of nitro groups is 1. The van der Waals surface area contributed by atoms with Crippen LogP contribution in [-0.4, -0.2) is 21.6 Å². The molecule has 2 rings (SSSR count). The minimum absolute atomic E-state index is 0.171. The van der Waals surface area contributed by atoms with E-state index < -0.39 is 11.0 Å². The number of rotatable bonds is 5. The lowest BCUT2D eigenvalue weighted by Crippen LogP contribution is -2.15. The van der Waals surface area contributed by atoms with Crippen LogP contribution in [0, 0.1) is 10.1 Å². The van der Waals surface area contributed by atoms with Crippen molar-refractivity contribution in [3.63, 3.8) is 0 Å². The van der Waals surface area contributed by atoms with Gasteiger partial charge < -0.3 is 20.5 Å². The minimum atomic E-state index is -0.554. The van der Waals surface area contributed by atoms with Gasteiger partial charge in [0.25, 0.3) is 0 Å². The number of aromatic nitrogens is 1. The van der Waals surface area contributed by atoms with E-state index in [2.05, 4.69) is 10.3 Å². The van der Waals surface area contributed by atoms with Gasteiger partial charge >= 0.3 is 5.82 Å². The zero-order valence-corrected chi connectivity index (χ0v) is 10.1. The van der Waals surface area contributed by atoms with Crippen molar-refractivity contribution in [2.24, 2.45) is 0 Å². The Labute approximate surface area is 109 Å². The first-order chi connectivity index (χ1) is 9.22. The van der Waals surface area contributed by atoms with E-state index in [1.807, 2.05) is 30.3 Å². The maximum Gasteiger partial charge on any atom is 0.386 e. The van der Waals surface area contributed by atoms with E-state index in [1.54, 1.807) is 12.1 Å². The first kappa shape index (κ1) is 13.0. The van der Waals surface area contributed by atoms with Crippen LogP contribution in [0.4, 0.5) is 11.5 Å². The average Bonchev–Trinajstić information content (AvgIpc) is 2.46. The van der Waals surface area contributed by atoms with Gasteiger partial charge in [0.15, 0.2) is 0 Å². The van der Waals surface area contributed by atoms with Gasteiger partial charge in [0.1, 0.15) is 11.9 Å². The van der Waals surface area contributed by atoms with E-state index in [0.717, 1.165) is 5.56 Å². The summed E-state index contributed by atoms with van der Waals surface area (Å²) < 4.78 is 0. The highest BCUT2D eigenvalue weighted by Gasteiger charge is 2.18. The molecular formula is C13H13N3O3. The van der Waals surface area contributed by atoms with Gasteiger partial charge in [-0.3, -0.25) is 0 Å². The zero-order chi connectivity index (χ0) is 13.7. The van der Waals surface area contributed by atoms with Crippen molar-refractivity contribution in [2.75, 3.05) is 11.9 Å². The topological polar surface area (TPSA) is 88.3 Å². The Hall–Kier alpha value is -2.47. The molecular weight excluding hydrogens is 246 g/mol. The third-order valence-electron chi connectivity index (χ3n) is 2.67.